The van der Waals surface area contributed by atoms with Gasteiger partial charge < -0.3 is 15.3 Å². The molecule has 4 N–H and O–H groups in total. The first-order valence-electron chi connectivity index (χ1n) is 7.73. The van der Waals surface area contributed by atoms with E-state index < -0.39 is 11.2 Å². The lowest BCUT2D eigenvalue weighted by atomic mass is 10.2. The van der Waals surface area contributed by atoms with Crippen molar-refractivity contribution in [2.45, 2.75) is 19.3 Å². The van der Waals surface area contributed by atoms with Gasteiger partial charge in [0.1, 0.15) is 11.6 Å². The summed E-state index contributed by atoms with van der Waals surface area (Å²) in [6, 6.07) is 4.34. The molecule has 2 aromatic heterocycles. The molecule has 0 aliphatic rings. The van der Waals surface area contributed by atoms with Gasteiger partial charge in [0.2, 0.25) is 5.91 Å². The highest BCUT2D eigenvalue weighted by molar-refractivity contribution is 5.78. The summed E-state index contributed by atoms with van der Waals surface area (Å²) >= 11 is 0. The SMILES string of the molecule is O=C(Cc1c[nH]c(=O)[nH]c1=O)NCCCc1nc2ccc(F)cc2[nH]1. The molecule has 0 bridgehead atoms. The molecule has 0 fully saturated rings. The van der Waals surface area contributed by atoms with E-state index in [1.807, 2.05) is 0 Å². The van der Waals surface area contributed by atoms with Crippen molar-refractivity contribution in [1.29, 1.82) is 0 Å². The maximum Gasteiger partial charge on any atom is 0.325 e. The molecule has 0 spiro atoms. The summed E-state index contributed by atoms with van der Waals surface area (Å²) in [5.41, 5.74) is 0.332. The van der Waals surface area contributed by atoms with E-state index in [2.05, 4.69) is 25.3 Å². The smallest absolute Gasteiger partial charge is 0.325 e. The minimum absolute atomic E-state index is 0.115. The van der Waals surface area contributed by atoms with Crippen molar-refractivity contribution in [2.24, 2.45) is 0 Å². The number of amides is 1. The van der Waals surface area contributed by atoms with Crippen LogP contribution in [0.5, 0.6) is 0 Å². The van der Waals surface area contributed by atoms with Gasteiger partial charge >= 0.3 is 5.69 Å². The number of hydrogen-bond donors (Lipinski definition) is 4. The lowest BCUT2D eigenvalue weighted by molar-refractivity contribution is -0.120. The lowest BCUT2D eigenvalue weighted by Gasteiger charge is -2.04. The normalized spacial score (nSPS) is 10.9. The third kappa shape index (κ3) is 4.19. The summed E-state index contributed by atoms with van der Waals surface area (Å²) in [5, 5.41) is 2.70. The number of benzene rings is 1. The summed E-state index contributed by atoms with van der Waals surface area (Å²) in [6.45, 7) is 0.408. The van der Waals surface area contributed by atoms with Crippen LogP contribution in [0.2, 0.25) is 0 Å². The number of rotatable bonds is 6. The molecular formula is C16H16FN5O3. The number of aromatic nitrogens is 4. The first-order valence-corrected chi connectivity index (χ1v) is 7.73. The van der Waals surface area contributed by atoms with Crippen molar-refractivity contribution in [3.63, 3.8) is 0 Å². The Balaban J connectivity index is 1.48. The quantitative estimate of drug-likeness (QED) is 0.482. The fraction of sp³-hybridized carbons (Fsp3) is 0.250. The van der Waals surface area contributed by atoms with Crippen molar-refractivity contribution in [3.05, 3.63) is 62.4 Å². The van der Waals surface area contributed by atoms with Crippen LogP contribution in [0, 0.1) is 5.82 Å². The standard InChI is InChI=1S/C16H16FN5O3/c17-10-3-4-11-12(7-10)21-13(20-11)2-1-5-18-14(23)6-9-8-19-16(25)22-15(9)24/h3-4,7-8H,1-2,5-6H2,(H,18,23)(H,20,21)(H2,19,22,24,25). The van der Waals surface area contributed by atoms with Crippen LogP contribution in [-0.4, -0.2) is 32.4 Å². The first kappa shape index (κ1) is 16.6. The maximum absolute atomic E-state index is 13.1. The monoisotopic (exact) mass is 345 g/mol. The second-order valence-electron chi connectivity index (χ2n) is 5.57. The predicted octanol–water partition coefficient (Wildman–Crippen LogP) is 0.370. The lowest BCUT2D eigenvalue weighted by Crippen LogP contribution is -2.31. The molecule has 130 valence electrons. The minimum atomic E-state index is -0.611. The number of aryl methyl sites for hydroxylation is 1. The fourth-order valence-electron chi connectivity index (χ4n) is 2.44. The molecule has 0 radical (unpaired) electrons. The van der Waals surface area contributed by atoms with Crippen LogP contribution in [0.25, 0.3) is 11.0 Å². The molecule has 25 heavy (non-hydrogen) atoms. The Labute approximate surface area is 140 Å². The molecule has 3 rings (SSSR count). The Bertz CT molecular complexity index is 1020. The van der Waals surface area contributed by atoms with Crippen molar-refractivity contribution in [3.8, 4) is 0 Å². The van der Waals surface area contributed by atoms with Gasteiger partial charge in [0.05, 0.1) is 17.5 Å². The average Bonchev–Trinajstić information content (AvgIpc) is 2.96. The largest absolute Gasteiger partial charge is 0.356 e. The molecule has 0 atom stereocenters. The number of imidazole rings is 1. The van der Waals surface area contributed by atoms with Gasteiger partial charge in [-0.3, -0.25) is 14.6 Å². The second kappa shape index (κ2) is 7.12. The van der Waals surface area contributed by atoms with Gasteiger partial charge in [-0.2, -0.15) is 0 Å². The highest BCUT2D eigenvalue weighted by atomic mass is 19.1. The zero-order valence-electron chi connectivity index (χ0n) is 13.2. The topological polar surface area (TPSA) is 124 Å². The molecule has 1 amide bonds. The Morgan fingerprint density at radius 2 is 2.08 bits per heavy atom. The molecule has 0 aliphatic carbocycles. The van der Waals surface area contributed by atoms with E-state index in [1.54, 1.807) is 6.07 Å². The van der Waals surface area contributed by atoms with E-state index in [-0.39, 0.29) is 23.7 Å². The van der Waals surface area contributed by atoms with Crippen LogP contribution >= 0.6 is 0 Å². The number of carbonyl (C=O) groups is 1. The van der Waals surface area contributed by atoms with E-state index in [1.165, 1.54) is 18.3 Å². The van der Waals surface area contributed by atoms with Crippen LogP contribution in [0.3, 0.4) is 0 Å². The molecule has 0 aliphatic heterocycles. The third-order valence-corrected chi connectivity index (χ3v) is 3.65. The molecule has 3 aromatic rings. The molecule has 1 aromatic carbocycles. The van der Waals surface area contributed by atoms with Crippen molar-refractivity contribution in [2.75, 3.05) is 6.54 Å². The summed E-state index contributed by atoms with van der Waals surface area (Å²) < 4.78 is 13.1. The molecule has 8 nitrogen and oxygen atoms in total. The second-order valence-corrected chi connectivity index (χ2v) is 5.57. The van der Waals surface area contributed by atoms with E-state index in [0.717, 1.165) is 0 Å². The average molecular weight is 345 g/mol. The van der Waals surface area contributed by atoms with Gasteiger partial charge in [-0.15, -0.1) is 0 Å². The number of nitrogens with zero attached hydrogens (tertiary/aromatic N) is 1. The van der Waals surface area contributed by atoms with Gasteiger partial charge in [0.25, 0.3) is 5.56 Å². The molecule has 0 unspecified atom stereocenters. The zero-order valence-corrected chi connectivity index (χ0v) is 13.2. The summed E-state index contributed by atoms with van der Waals surface area (Å²) in [7, 11) is 0. The van der Waals surface area contributed by atoms with Gasteiger partial charge in [-0.05, 0) is 24.6 Å². The number of carbonyl (C=O) groups excluding carboxylic acids is 1. The molecule has 0 saturated carbocycles. The van der Waals surface area contributed by atoms with Crippen LogP contribution in [0.1, 0.15) is 17.8 Å². The van der Waals surface area contributed by atoms with E-state index in [0.29, 0.717) is 36.2 Å². The van der Waals surface area contributed by atoms with Crippen LogP contribution in [0.4, 0.5) is 4.39 Å². The fourth-order valence-corrected chi connectivity index (χ4v) is 2.44. The number of aromatic amines is 3. The number of fused-ring (bicyclic) bond motifs is 1. The first-order chi connectivity index (χ1) is 12.0. The highest BCUT2D eigenvalue weighted by Crippen LogP contribution is 2.13. The molecule has 9 heteroatoms. The molecular weight excluding hydrogens is 329 g/mol. The third-order valence-electron chi connectivity index (χ3n) is 3.65. The van der Waals surface area contributed by atoms with Gasteiger partial charge in [-0.1, -0.05) is 0 Å². The number of H-pyrrole nitrogens is 3. The van der Waals surface area contributed by atoms with E-state index in [9.17, 15) is 18.8 Å². The van der Waals surface area contributed by atoms with Crippen LogP contribution in [0.15, 0.2) is 34.0 Å². The Hall–Kier alpha value is -3.23. The minimum Gasteiger partial charge on any atom is -0.356 e. The Morgan fingerprint density at radius 1 is 1.24 bits per heavy atom. The van der Waals surface area contributed by atoms with E-state index >= 15 is 0 Å². The van der Waals surface area contributed by atoms with Crippen molar-refractivity contribution in [1.82, 2.24) is 25.3 Å². The summed E-state index contributed by atoms with van der Waals surface area (Å²) in [5.74, 6) is 0.0726. The zero-order chi connectivity index (χ0) is 17.8. The number of halogens is 1. The van der Waals surface area contributed by atoms with Crippen molar-refractivity contribution < 1.29 is 9.18 Å². The van der Waals surface area contributed by atoms with Crippen molar-refractivity contribution >= 4 is 16.9 Å². The summed E-state index contributed by atoms with van der Waals surface area (Å²) in [6.07, 6.45) is 2.34. The predicted molar refractivity (Wildman–Crippen MR) is 88.8 cm³/mol. The number of nitrogens with one attached hydrogen (secondary N) is 4. The number of hydrogen-bond acceptors (Lipinski definition) is 4. The molecule has 2 heterocycles. The Kier molecular flexibility index (Phi) is 4.73. The van der Waals surface area contributed by atoms with Crippen LogP contribution < -0.4 is 16.6 Å². The summed E-state index contributed by atoms with van der Waals surface area (Å²) in [4.78, 5) is 46.0. The van der Waals surface area contributed by atoms with Gasteiger partial charge in [0, 0.05) is 24.7 Å². The van der Waals surface area contributed by atoms with Gasteiger partial charge in [-0.25, -0.2) is 14.2 Å². The molecule has 0 saturated heterocycles. The van der Waals surface area contributed by atoms with Crippen LogP contribution in [-0.2, 0) is 17.6 Å². The van der Waals surface area contributed by atoms with Gasteiger partial charge in [0.15, 0.2) is 0 Å². The maximum atomic E-state index is 13.1. The highest BCUT2D eigenvalue weighted by Gasteiger charge is 2.08. The van der Waals surface area contributed by atoms with E-state index in [4.69, 9.17) is 0 Å². The Morgan fingerprint density at radius 3 is 2.88 bits per heavy atom.